The molecule has 1 atom stereocenters. The molecule has 2 N–H and O–H groups in total. The number of aromatic nitrogens is 2. The molecule has 1 aromatic heterocycles. The lowest BCUT2D eigenvalue weighted by Gasteiger charge is -2.11. The highest BCUT2D eigenvalue weighted by atomic mass is 32.2. The van der Waals surface area contributed by atoms with Gasteiger partial charge in [-0.3, -0.25) is 4.79 Å². The predicted molar refractivity (Wildman–Crippen MR) is 80.0 cm³/mol. The van der Waals surface area contributed by atoms with E-state index in [1.165, 1.54) is 6.33 Å². The van der Waals surface area contributed by atoms with Crippen LogP contribution in [-0.2, 0) is 9.84 Å². The summed E-state index contributed by atoms with van der Waals surface area (Å²) in [6.07, 6.45) is 3.88. The number of sulfone groups is 1. The molecule has 2 heterocycles. The van der Waals surface area contributed by atoms with E-state index in [4.69, 9.17) is 0 Å². The molecule has 21 heavy (non-hydrogen) atoms. The highest BCUT2D eigenvalue weighted by molar-refractivity contribution is 7.91. The van der Waals surface area contributed by atoms with E-state index in [2.05, 4.69) is 27.5 Å². The van der Waals surface area contributed by atoms with Crippen LogP contribution >= 0.6 is 0 Å². The molecular formula is C13H20N4O3S. The Morgan fingerprint density at radius 3 is 2.90 bits per heavy atom. The number of nitrogens with one attached hydrogen (secondary N) is 2. The first kappa shape index (κ1) is 15.7. The van der Waals surface area contributed by atoms with Gasteiger partial charge in [-0.15, -0.1) is 0 Å². The van der Waals surface area contributed by atoms with Crippen molar-refractivity contribution in [3.8, 4) is 0 Å². The molecule has 0 spiro atoms. The highest BCUT2D eigenvalue weighted by Crippen LogP contribution is 2.12. The van der Waals surface area contributed by atoms with E-state index in [0.717, 1.165) is 19.4 Å². The lowest BCUT2D eigenvalue weighted by molar-refractivity contribution is 0.0936. The number of carbonyl (C=O) groups excluding carboxylic acids is 1. The van der Waals surface area contributed by atoms with E-state index >= 15 is 0 Å². The van der Waals surface area contributed by atoms with Gasteiger partial charge in [0.2, 0.25) is 0 Å². The summed E-state index contributed by atoms with van der Waals surface area (Å²) in [5, 5.41) is 5.83. The van der Waals surface area contributed by atoms with Gasteiger partial charge in [0.05, 0.1) is 11.5 Å². The van der Waals surface area contributed by atoms with Crippen molar-refractivity contribution in [3.63, 3.8) is 0 Å². The number of nitrogens with zero attached hydrogens (tertiary/aromatic N) is 2. The fraction of sp³-hybridized carbons (Fsp3) is 0.615. The summed E-state index contributed by atoms with van der Waals surface area (Å²) in [6, 6.07) is 1.25. The third-order valence-corrected chi connectivity index (χ3v) is 5.07. The number of hydrogen-bond acceptors (Lipinski definition) is 6. The maximum absolute atomic E-state index is 12.1. The molecular weight excluding hydrogens is 292 g/mol. The van der Waals surface area contributed by atoms with Crippen LogP contribution in [0.5, 0.6) is 0 Å². The number of amides is 1. The average Bonchev–Trinajstić information content (AvgIpc) is 2.78. The second-order valence-corrected chi connectivity index (χ2v) is 7.37. The molecule has 8 heteroatoms. The van der Waals surface area contributed by atoms with E-state index in [-0.39, 0.29) is 29.1 Å². The molecule has 7 nitrogen and oxygen atoms in total. The first-order valence-electron chi connectivity index (χ1n) is 7.07. The lowest BCUT2D eigenvalue weighted by atomic mass is 10.2. The van der Waals surface area contributed by atoms with Gasteiger partial charge in [-0.2, -0.15) is 0 Å². The summed E-state index contributed by atoms with van der Waals surface area (Å²) in [6.45, 7) is 2.88. The smallest absolute Gasteiger partial charge is 0.270 e. The van der Waals surface area contributed by atoms with Crippen molar-refractivity contribution in [2.24, 2.45) is 0 Å². The summed E-state index contributed by atoms with van der Waals surface area (Å²) in [7, 11) is -3.01. The molecule has 1 aliphatic rings. The zero-order chi connectivity index (χ0) is 15.3. The largest absolute Gasteiger partial charge is 0.370 e. The number of carbonyl (C=O) groups is 1. The van der Waals surface area contributed by atoms with Crippen molar-refractivity contribution in [3.05, 3.63) is 18.1 Å². The maximum atomic E-state index is 12.1. The molecule has 0 aromatic carbocycles. The molecule has 1 saturated heterocycles. The van der Waals surface area contributed by atoms with Crippen LogP contribution < -0.4 is 10.6 Å². The van der Waals surface area contributed by atoms with Crippen LogP contribution in [0.1, 0.15) is 36.7 Å². The van der Waals surface area contributed by atoms with Crippen molar-refractivity contribution in [2.45, 2.75) is 32.2 Å². The summed E-state index contributed by atoms with van der Waals surface area (Å²) in [4.78, 5) is 20.1. The second kappa shape index (κ2) is 6.84. The molecule has 1 unspecified atom stereocenters. The van der Waals surface area contributed by atoms with Crippen LogP contribution in [0, 0.1) is 0 Å². The average molecular weight is 312 g/mol. The van der Waals surface area contributed by atoms with Gasteiger partial charge in [0, 0.05) is 18.7 Å². The molecule has 0 radical (unpaired) electrons. The predicted octanol–water partition coefficient (Wildman–Crippen LogP) is 0.605. The van der Waals surface area contributed by atoms with Crippen LogP contribution in [0.15, 0.2) is 12.4 Å². The summed E-state index contributed by atoms with van der Waals surface area (Å²) in [5.41, 5.74) is 0.244. The third kappa shape index (κ3) is 4.66. The van der Waals surface area contributed by atoms with Crippen molar-refractivity contribution in [1.82, 2.24) is 15.3 Å². The van der Waals surface area contributed by atoms with E-state index in [1.54, 1.807) is 6.07 Å². The van der Waals surface area contributed by atoms with E-state index in [0.29, 0.717) is 12.2 Å². The second-order valence-electron chi connectivity index (χ2n) is 5.14. The normalized spacial score (nSPS) is 20.1. The Labute approximate surface area is 124 Å². The highest BCUT2D eigenvalue weighted by Gasteiger charge is 2.29. The third-order valence-electron chi connectivity index (χ3n) is 3.30. The standard InChI is InChI=1S/C13H20N4O3S/c1-2-3-5-14-12-7-11(15-9-16-12)13(18)17-10-4-6-21(19,20)8-10/h7,9-10H,2-6,8H2,1H3,(H,17,18)(H,14,15,16). The van der Waals surface area contributed by atoms with Gasteiger partial charge in [-0.1, -0.05) is 13.3 Å². The minimum Gasteiger partial charge on any atom is -0.370 e. The first-order valence-corrected chi connectivity index (χ1v) is 8.89. The summed E-state index contributed by atoms with van der Waals surface area (Å²) in [5.74, 6) is 0.373. The van der Waals surface area contributed by atoms with Crippen molar-refractivity contribution >= 4 is 21.6 Å². The maximum Gasteiger partial charge on any atom is 0.270 e. The lowest BCUT2D eigenvalue weighted by Crippen LogP contribution is -2.36. The molecule has 0 saturated carbocycles. The Kier molecular flexibility index (Phi) is 5.11. The van der Waals surface area contributed by atoms with Gasteiger partial charge in [0.1, 0.15) is 17.8 Å². The number of anilines is 1. The number of rotatable bonds is 6. The quantitative estimate of drug-likeness (QED) is 0.746. The Hall–Kier alpha value is -1.70. The monoisotopic (exact) mass is 312 g/mol. The number of unbranched alkanes of at least 4 members (excludes halogenated alkanes) is 1. The van der Waals surface area contributed by atoms with Crippen LogP contribution in [-0.4, -0.2) is 48.4 Å². The molecule has 0 aliphatic carbocycles. The molecule has 1 amide bonds. The van der Waals surface area contributed by atoms with E-state index in [1.807, 2.05) is 0 Å². The van der Waals surface area contributed by atoms with Gasteiger partial charge in [0.15, 0.2) is 9.84 Å². The van der Waals surface area contributed by atoms with Crippen molar-refractivity contribution in [1.29, 1.82) is 0 Å². The SMILES string of the molecule is CCCCNc1cc(C(=O)NC2CCS(=O)(=O)C2)ncn1. The van der Waals surface area contributed by atoms with Gasteiger partial charge < -0.3 is 10.6 Å². The molecule has 1 fully saturated rings. The topological polar surface area (TPSA) is 101 Å². The molecule has 1 aromatic rings. The van der Waals surface area contributed by atoms with E-state index < -0.39 is 9.84 Å². The fourth-order valence-electron chi connectivity index (χ4n) is 2.14. The zero-order valence-corrected chi connectivity index (χ0v) is 12.8. The van der Waals surface area contributed by atoms with E-state index in [9.17, 15) is 13.2 Å². The first-order chi connectivity index (χ1) is 10.00. The molecule has 2 rings (SSSR count). The molecule has 0 bridgehead atoms. The Morgan fingerprint density at radius 2 is 2.24 bits per heavy atom. The Bertz CT molecular complexity index is 603. The van der Waals surface area contributed by atoms with Crippen LogP contribution in [0.3, 0.4) is 0 Å². The van der Waals surface area contributed by atoms with Crippen molar-refractivity contribution in [2.75, 3.05) is 23.4 Å². The van der Waals surface area contributed by atoms with Gasteiger partial charge >= 0.3 is 0 Å². The van der Waals surface area contributed by atoms with Gasteiger partial charge in [0.25, 0.3) is 5.91 Å². The summed E-state index contributed by atoms with van der Waals surface area (Å²) >= 11 is 0. The van der Waals surface area contributed by atoms with Crippen LogP contribution in [0.4, 0.5) is 5.82 Å². The zero-order valence-electron chi connectivity index (χ0n) is 12.0. The Balaban J connectivity index is 1.94. The van der Waals surface area contributed by atoms with Crippen molar-refractivity contribution < 1.29 is 13.2 Å². The van der Waals surface area contributed by atoms with Gasteiger partial charge in [-0.25, -0.2) is 18.4 Å². The van der Waals surface area contributed by atoms with Crippen LogP contribution in [0.2, 0.25) is 0 Å². The summed E-state index contributed by atoms with van der Waals surface area (Å²) < 4.78 is 22.7. The van der Waals surface area contributed by atoms with Crippen LogP contribution in [0.25, 0.3) is 0 Å². The molecule has 1 aliphatic heterocycles. The number of hydrogen-bond donors (Lipinski definition) is 2. The van der Waals surface area contributed by atoms with Gasteiger partial charge in [-0.05, 0) is 12.8 Å². The minimum absolute atomic E-state index is 0.00539. The molecule has 116 valence electrons. The fourth-order valence-corrected chi connectivity index (χ4v) is 3.81. The minimum atomic E-state index is -3.01. The Morgan fingerprint density at radius 1 is 1.43 bits per heavy atom.